The Hall–Kier alpha value is -2.73. The van der Waals surface area contributed by atoms with Gasteiger partial charge in [-0.25, -0.2) is 0 Å². The van der Waals surface area contributed by atoms with Crippen LogP contribution >= 0.6 is 0 Å². The fourth-order valence-corrected chi connectivity index (χ4v) is 3.24. The molecule has 0 fully saturated rings. The van der Waals surface area contributed by atoms with E-state index >= 15 is 0 Å². The third-order valence-corrected chi connectivity index (χ3v) is 4.58. The smallest absolute Gasteiger partial charge is 0.304 e. The van der Waals surface area contributed by atoms with E-state index in [0.717, 1.165) is 29.7 Å². The van der Waals surface area contributed by atoms with E-state index in [4.69, 9.17) is 9.84 Å². The molecule has 0 spiro atoms. The van der Waals surface area contributed by atoms with Crippen LogP contribution in [0.4, 0.5) is 0 Å². The van der Waals surface area contributed by atoms with Gasteiger partial charge in [-0.15, -0.1) is 5.92 Å². The Morgan fingerprint density at radius 3 is 2.72 bits per heavy atom. The number of carbonyl (C=O) groups is 1. The molecular weight excluding hydrogens is 312 g/mol. The van der Waals surface area contributed by atoms with Crippen LogP contribution in [-0.4, -0.2) is 11.1 Å². The number of aryl methyl sites for hydroxylation is 2. The summed E-state index contributed by atoms with van der Waals surface area (Å²) < 4.78 is 6.18. The maximum atomic E-state index is 11.1. The van der Waals surface area contributed by atoms with Crippen molar-refractivity contribution in [3.05, 3.63) is 64.7 Å². The fourth-order valence-electron chi connectivity index (χ4n) is 3.24. The van der Waals surface area contributed by atoms with Crippen molar-refractivity contribution in [2.75, 3.05) is 0 Å². The van der Waals surface area contributed by atoms with Crippen molar-refractivity contribution in [1.82, 2.24) is 0 Å². The normalized spacial score (nSPS) is 16.8. The zero-order valence-corrected chi connectivity index (χ0v) is 14.6. The molecular formula is C22H22O3. The van der Waals surface area contributed by atoms with Crippen molar-refractivity contribution in [3.63, 3.8) is 0 Å². The van der Waals surface area contributed by atoms with Crippen molar-refractivity contribution in [3.8, 4) is 17.6 Å². The first-order valence-electron chi connectivity index (χ1n) is 8.57. The average molecular weight is 334 g/mol. The van der Waals surface area contributed by atoms with Crippen molar-refractivity contribution < 1.29 is 14.6 Å². The predicted octanol–water partition coefficient (Wildman–Crippen LogP) is 4.64. The number of fused-ring (bicyclic) bond motifs is 1. The third-order valence-electron chi connectivity index (χ3n) is 4.58. The van der Waals surface area contributed by atoms with E-state index < -0.39 is 5.97 Å². The molecule has 0 aromatic heterocycles. The molecule has 25 heavy (non-hydrogen) atoms. The van der Waals surface area contributed by atoms with Crippen LogP contribution in [0.1, 0.15) is 54.0 Å². The molecule has 1 aliphatic rings. The van der Waals surface area contributed by atoms with Crippen LogP contribution in [0.5, 0.6) is 5.75 Å². The van der Waals surface area contributed by atoms with Crippen molar-refractivity contribution >= 4 is 5.97 Å². The zero-order valence-electron chi connectivity index (χ0n) is 14.6. The first-order valence-corrected chi connectivity index (χ1v) is 8.57. The van der Waals surface area contributed by atoms with Gasteiger partial charge >= 0.3 is 5.97 Å². The van der Waals surface area contributed by atoms with Gasteiger partial charge in [0, 0.05) is 0 Å². The van der Waals surface area contributed by atoms with E-state index in [1.165, 1.54) is 11.1 Å². The molecule has 1 N–H and O–H groups in total. The number of aliphatic carboxylic acids is 1. The second kappa shape index (κ2) is 7.44. The molecule has 0 amide bonds. The molecule has 3 rings (SSSR count). The second-order valence-electron chi connectivity index (χ2n) is 6.47. The summed E-state index contributed by atoms with van der Waals surface area (Å²) >= 11 is 0. The van der Waals surface area contributed by atoms with Crippen LogP contribution in [0, 0.1) is 18.8 Å². The molecule has 0 bridgehead atoms. The van der Waals surface area contributed by atoms with Gasteiger partial charge in [0.05, 0.1) is 12.3 Å². The van der Waals surface area contributed by atoms with Crippen molar-refractivity contribution in [2.24, 2.45) is 0 Å². The third kappa shape index (κ3) is 4.03. The minimum atomic E-state index is -0.832. The van der Waals surface area contributed by atoms with Gasteiger partial charge in [0.15, 0.2) is 0 Å². The Kier molecular flexibility index (Phi) is 5.09. The molecule has 3 heteroatoms. The summed E-state index contributed by atoms with van der Waals surface area (Å²) in [7, 11) is 0. The molecule has 1 heterocycles. The quantitative estimate of drug-likeness (QED) is 0.828. The lowest BCUT2D eigenvalue weighted by Crippen LogP contribution is -2.15. The summed E-state index contributed by atoms with van der Waals surface area (Å²) in [5.41, 5.74) is 4.52. The Bertz CT molecular complexity index is 825. The lowest BCUT2D eigenvalue weighted by molar-refractivity contribution is -0.137. The van der Waals surface area contributed by atoms with Gasteiger partial charge in [0.2, 0.25) is 0 Å². The second-order valence-corrected chi connectivity index (χ2v) is 6.47. The van der Waals surface area contributed by atoms with Gasteiger partial charge in [0.25, 0.3) is 0 Å². The highest BCUT2D eigenvalue weighted by atomic mass is 16.5. The molecule has 128 valence electrons. The number of carboxylic acid groups (broad SMARTS) is 1. The first-order chi connectivity index (χ1) is 12.1. The SMILES string of the molecule is CC#C[C@@H](CC(=O)O)c1ccc2c(c1)CCC(c1ccc(C)cc1)O2. The Morgan fingerprint density at radius 2 is 2.04 bits per heavy atom. The number of rotatable bonds is 4. The average Bonchev–Trinajstić information content (AvgIpc) is 2.61. The maximum absolute atomic E-state index is 11.1. The van der Waals surface area contributed by atoms with Gasteiger partial charge in [-0.05, 0) is 49.4 Å². The highest BCUT2D eigenvalue weighted by molar-refractivity contribution is 5.69. The number of carboxylic acids is 1. The molecule has 1 aliphatic heterocycles. The lowest BCUT2D eigenvalue weighted by atomic mass is 9.91. The number of hydrogen-bond acceptors (Lipinski definition) is 2. The number of benzene rings is 2. The summed E-state index contributed by atoms with van der Waals surface area (Å²) in [5, 5.41) is 9.10. The minimum Gasteiger partial charge on any atom is -0.485 e. The summed E-state index contributed by atoms with van der Waals surface area (Å²) in [6.07, 6.45) is 1.93. The molecule has 0 radical (unpaired) electrons. The van der Waals surface area contributed by atoms with E-state index in [1.807, 2.05) is 12.1 Å². The van der Waals surface area contributed by atoms with Crippen molar-refractivity contribution in [2.45, 2.75) is 45.1 Å². The predicted molar refractivity (Wildman–Crippen MR) is 97.8 cm³/mol. The van der Waals surface area contributed by atoms with Gasteiger partial charge in [-0.1, -0.05) is 47.9 Å². The zero-order chi connectivity index (χ0) is 17.8. The van der Waals surface area contributed by atoms with Gasteiger partial charge in [0.1, 0.15) is 11.9 Å². The minimum absolute atomic E-state index is 0.0203. The topological polar surface area (TPSA) is 46.5 Å². The van der Waals surface area contributed by atoms with E-state index in [0.29, 0.717) is 0 Å². The van der Waals surface area contributed by atoms with Crippen LogP contribution in [0.3, 0.4) is 0 Å². The largest absolute Gasteiger partial charge is 0.485 e. The Balaban J connectivity index is 1.81. The molecule has 2 atom stereocenters. The van der Waals surface area contributed by atoms with E-state index in [2.05, 4.69) is 49.1 Å². The van der Waals surface area contributed by atoms with E-state index in [-0.39, 0.29) is 18.4 Å². The van der Waals surface area contributed by atoms with Gasteiger partial charge in [-0.2, -0.15) is 0 Å². The number of hydrogen-bond donors (Lipinski definition) is 1. The fraction of sp³-hybridized carbons (Fsp3) is 0.318. The standard InChI is InChI=1S/C22H22O3/c1-3-4-17(14-22(23)24)18-9-11-21-19(13-18)10-12-20(25-21)16-7-5-15(2)6-8-16/h5-9,11,13,17,20H,10,12,14H2,1-2H3,(H,23,24)/t17-,20?/m0/s1. The maximum Gasteiger partial charge on any atom is 0.304 e. The number of ether oxygens (including phenoxy) is 1. The molecule has 0 aliphatic carbocycles. The summed E-state index contributed by atoms with van der Waals surface area (Å²) in [6, 6.07) is 14.4. The van der Waals surface area contributed by atoms with Crippen LogP contribution in [-0.2, 0) is 11.2 Å². The van der Waals surface area contributed by atoms with Gasteiger partial charge < -0.3 is 9.84 Å². The lowest BCUT2D eigenvalue weighted by Gasteiger charge is -2.27. The van der Waals surface area contributed by atoms with Crippen molar-refractivity contribution in [1.29, 1.82) is 0 Å². The van der Waals surface area contributed by atoms with Crippen LogP contribution < -0.4 is 4.74 Å². The summed E-state index contributed by atoms with van der Waals surface area (Å²) in [4.78, 5) is 11.1. The van der Waals surface area contributed by atoms with Gasteiger partial charge in [-0.3, -0.25) is 4.79 Å². The van der Waals surface area contributed by atoms with E-state index in [1.54, 1.807) is 6.92 Å². The first kappa shape index (κ1) is 17.1. The Morgan fingerprint density at radius 1 is 1.28 bits per heavy atom. The molecule has 2 aromatic rings. The molecule has 0 saturated carbocycles. The molecule has 0 saturated heterocycles. The summed E-state index contributed by atoms with van der Waals surface area (Å²) in [5.74, 6) is 5.63. The highest BCUT2D eigenvalue weighted by Crippen LogP contribution is 2.36. The van der Waals surface area contributed by atoms with Crippen LogP contribution in [0.15, 0.2) is 42.5 Å². The molecule has 2 aromatic carbocycles. The van der Waals surface area contributed by atoms with Crippen LogP contribution in [0.2, 0.25) is 0 Å². The Labute approximate surface area is 148 Å². The van der Waals surface area contributed by atoms with E-state index in [9.17, 15) is 4.79 Å². The monoisotopic (exact) mass is 334 g/mol. The highest BCUT2D eigenvalue weighted by Gasteiger charge is 2.23. The summed E-state index contributed by atoms with van der Waals surface area (Å²) in [6.45, 7) is 3.82. The molecule has 3 nitrogen and oxygen atoms in total. The molecule has 1 unspecified atom stereocenters. The van der Waals surface area contributed by atoms with Crippen LogP contribution in [0.25, 0.3) is 0 Å².